The van der Waals surface area contributed by atoms with Crippen molar-refractivity contribution >= 4 is 17.3 Å². The lowest BCUT2D eigenvalue weighted by Crippen LogP contribution is -2.38. The zero-order valence-electron chi connectivity index (χ0n) is 15.7. The van der Waals surface area contributed by atoms with E-state index >= 15 is 0 Å². The lowest BCUT2D eigenvalue weighted by Gasteiger charge is -2.10. The Hall–Kier alpha value is -1.89. The van der Waals surface area contributed by atoms with Crippen molar-refractivity contribution in [2.24, 2.45) is 4.99 Å². The van der Waals surface area contributed by atoms with Gasteiger partial charge < -0.3 is 15.2 Å². The summed E-state index contributed by atoms with van der Waals surface area (Å²) in [5.41, 5.74) is 3.27. The van der Waals surface area contributed by atoms with Gasteiger partial charge in [-0.1, -0.05) is 25.9 Å². The fourth-order valence-electron chi connectivity index (χ4n) is 2.55. The molecule has 0 radical (unpaired) electrons. The van der Waals surface area contributed by atoms with Crippen molar-refractivity contribution in [3.05, 3.63) is 33.1 Å². The van der Waals surface area contributed by atoms with Gasteiger partial charge in [-0.3, -0.25) is 0 Å². The third-order valence-corrected chi connectivity index (χ3v) is 4.96. The van der Waals surface area contributed by atoms with Gasteiger partial charge in [-0.15, -0.1) is 11.3 Å². The molecule has 0 aliphatic rings. The summed E-state index contributed by atoms with van der Waals surface area (Å²) >= 11 is 1.73. The van der Waals surface area contributed by atoms with Gasteiger partial charge in [0.05, 0.1) is 22.9 Å². The van der Waals surface area contributed by atoms with Crippen molar-refractivity contribution in [1.29, 1.82) is 0 Å². The monoisotopic (exact) mass is 363 g/mol. The summed E-state index contributed by atoms with van der Waals surface area (Å²) < 4.78 is 5.41. The Kier molecular flexibility index (Phi) is 7.91. The molecule has 0 aliphatic carbocycles. The summed E-state index contributed by atoms with van der Waals surface area (Å²) in [6.07, 6.45) is 3.60. The number of guanidine groups is 1. The van der Waals surface area contributed by atoms with Crippen LogP contribution in [0.3, 0.4) is 0 Å². The van der Waals surface area contributed by atoms with Gasteiger partial charge in [0.15, 0.2) is 5.96 Å². The van der Waals surface area contributed by atoms with E-state index in [0.29, 0.717) is 6.54 Å². The molecule has 2 aromatic heterocycles. The van der Waals surface area contributed by atoms with Crippen LogP contribution in [-0.2, 0) is 32.2 Å². The molecule has 0 amide bonds. The average molecular weight is 364 g/mol. The van der Waals surface area contributed by atoms with Crippen molar-refractivity contribution in [1.82, 2.24) is 20.8 Å². The van der Waals surface area contributed by atoms with Gasteiger partial charge in [0.1, 0.15) is 5.76 Å². The van der Waals surface area contributed by atoms with Crippen molar-refractivity contribution < 1.29 is 4.52 Å². The van der Waals surface area contributed by atoms with E-state index in [-0.39, 0.29) is 0 Å². The first kappa shape index (κ1) is 19.4. The molecule has 0 saturated heterocycles. The van der Waals surface area contributed by atoms with E-state index in [2.05, 4.69) is 53.8 Å². The number of hydrogen-bond donors (Lipinski definition) is 2. The van der Waals surface area contributed by atoms with Crippen molar-refractivity contribution in [3.8, 4) is 0 Å². The highest BCUT2D eigenvalue weighted by molar-refractivity contribution is 7.09. The van der Waals surface area contributed by atoms with Gasteiger partial charge in [0.25, 0.3) is 0 Å². The second-order valence-corrected chi connectivity index (χ2v) is 6.64. The minimum atomic E-state index is 0.585. The molecule has 0 aromatic carbocycles. The number of thiazole rings is 1. The SMILES string of the molecule is CCNC(=NCc1c(CC)noc1CC)NCCc1csc(CC)n1. The minimum Gasteiger partial charge on any atom is -0.361 e. The number of aromatic nitrogens is 2. The Balaban J connectivity index is 1.94. The molecule has 2 rings (SSSR count). The quantitative estimate of drug-likeness (QED) is 0.529. The number of nitrogens with one attached hydrogen (secondary N) is 2. The Bertz CT molecular complexity index is 655. The molecular weight excluding hydrogens is 334 g/mol. The van der Waals surface area contributed by atoms with Crippen LogP contribution >= 0.6 is 11.3 Å². The Morgan fingerprint density at radius 1 is 1.16 bits per heavy atom. The third-order valence-electron chi connectivity index (χ3n) is 3.92. The topological polar surface area (TPSA) is 75.3 Å². The summed E-state index contributed by atoms with van der Waals surface area (Å²) in [4.78, 5) is 9.30. The first-order chi connectivity index (χ1) is 12.2. The highest BCUT2D eigenvalue weighted by Crippen LogP contribution is 2.16. The third kappa shape index (κ3) is 5.56. The number of aliphatic imine (C=N–C) groups is 1. The summed E-state index contributed by atoms with van der Waals surface area (Å²) in [7, 11) is 0. The van der Waals surface area contributed by atoms with E-state index < -0.39 is 0 Å². The van der Waals surface area contributed by atoms with E-state index in [9.17, 15) is 0 Å². The highest BCUT2D eigenvalue weighted by atomic mass is 32.1. The standard InChI is InChI=1S/C18H29N5OS/c1-5-15-14(16(6-2)24-23-15)11-21-18(19-8-4)20-10-9-13-12-25-17(7-3)22-13/h12H,5-11H2,1-4H3,(H2,19,20,21). The zero-order valence-corrected chi connectivity index (χ0v) is 16.5. The van der Waals surface area contributed by atoms with Crippen LogP contribution in [0.1, 0.15) is 55.4 Å². The molecule has 138 valence electrons. The van der Waals surface area contributed by atoms with Crippen LogP contribution in [0.25, 0.3) is 0 Å². The summed E-state index contributed by atoms with van der Waals surface area (Å²) in [6.45, 7) is 10.6. The van der Waals surface area contributed by atoms with Gasteiger partial charge in [-0.05, 0) is 19.8 Å². The van der Waals surface area contributed by atoms with E-state index in [4.69, 9.17) is 9.52 Å². The van der Waals surface area contributed by atoms with Gasteiger partial charge in [-0.2, -0.15) is 0 Å². The predicted molar refractivity (Wildman–Crippen MR) is 103 cm³/mol. The van der Waals surface area contributed by atoms with Crippen LogP contribution < -0.4 is 10.6 Å². The number of rotatable bonds is 9. The van der Waals surface area contributed by atoms with Crippen molar-refractivity contribution in [2.45, 2.75) is 59.9 Å². The summed E-state index contributed by atoms with van der Waals surface area (Å²) in [5.74, 6) is 1.75. The van der Waals surface area contributed by atoms with Crippen LogP contribution in [0.15, 0.2) is 14.9 Å². The highest BCUT2D eigenvalue weighted by Gasteiger charge is 2.13. The van der Waals surface area contributed by atoms with Gasteiger partial charge >= 0.3 is 0 Å². The van der Waals surface area contributed by atoms with Crippen LogP contribution in [0, 0.1) is 0 Å². The Labute approximate surface area is 154 Å². The Morgan fingerprint density at radius 3 is 2.64 bits per heavy atom. The van der Waals surface area contributed by atoms with Gasteiger partial charge in [0.2, 0.25) is 0 Å². The maximum Gasteiger partial charge on any atom is 0.191 e. The molecule has 7 heteroatoms. The lowest BCUT2D eigenvalue weighted by atomic mass is 10.1. The number of aryl methyl sites for hydroxylation is 3. The summed E-state index contributed by atoms with van der Waals surface area (Å²) in [6, 6.07) is 0. The van der Waals surface area contributed by atoms with E-state index in [1.165, 1.54) is 5.01 Å². The second-order valence-electron chi connectivity index (χ2n) is 5.70. The molecule has 2 N–H and O–H groups in total. The van der Waals surface area contributed by atoms with Crippen LogP contribution in [0.2, 0.25) is 0 Å². The van der Waals surface area contributed by atoms with Crippen LogP contribution in [0.5, 0.6) is 0 Å². The fourth-order valence-corrected chi connectivity index (χ4v) is 3.33. The molecule has 0 spiro atoms. The fraction of sp³-hybridized carbons (Fsp3) is 0.611. The van der Waals surface area contributed by atoms with E-state index in [1.807, 2.05) is 0 Å². The van der Waals surface area contributed by atoms with Gasteiger partial charge in [0, 0.05) is 36.9 Å². The molecule has 6 nitrogen and oxygen atoms in total. The zero-order chi connectivity index (χ0) is 18.1. The second kappa shape index (κ2) is 10.2. The first-order valence-corrected chi connectivity index (χ1v) is 10.0. The molecule has 0 unspecified atom stereocenters. The smallest absolute Gasteiger partial charge is 0.191 e. The molecule has 0 aliphatic heterocycles. The number of nitrogens with zero attached hydrogens (tertiary/aromatic N) is 3. The lowest BCUT2D eigenvalue weighted by molar-refractivity contribution is 0.380. The minimum absolute atomic E-state index is 0.585. The molecule has 25 heavy (non-hydrogen) atoms. The largest absolute Gasteiger partial charge is 0.361 e. The molecule has 0 fully saturated rings. The first-order valence-electron chi connectivity index (χ1n) is 9.13. The molecule has 0 saturated carbocycles. The maximum absolute atomic E-state index is 5.41. The van der Waals surface area contributed by atoms with Crippen molar-refractivity contribution in [2.75, 3.05) is 13.1 Å². The van der Waals surface area contributed by atoms with E-state index in [0.717, 1.165) is 67.4 Å². The van der Waals surface area contributed by atoms with Crippen LogP contribution in [-0.4, -0.2) is 29.2 Å². The summed E-state index contributed by atoms with van der Waals surface area (Å²) in [5, 5.41) is 14.2. The molecule has 0 bridgehead atoms. The molecule has 0 atom stereocenters. The average Bonchev–Trinajstić information content (AvgIpc) is 3.25. The van der Waals surface area contributed by atoms with Gasteiger partial charge in [-0.25, -0.2) is 9.98 Å². The predicted octanol–water partition coefficient (Wildman–Crippen LogP) is 3.12. The van der Waals surface area contributed by atoms with Crippen molar-refractivity contribution in [3.63, 3.8) is 0 Å². The number of hydrogen-bond acceptors (Lipinski definition) is 5. The maximum atomic E-state index is 5.41. The molecular formula is C18H29N5OS. The van der Waals surface area contributed by atoms with E-state index in [1.54, 1.807) is 11.3 Å². The molecule has 2 heterocycles. The Morgan fingerprint density at radius 2 is 2.00 bits per heavy atom. The van der Waals surface area contributed by atoms with Crippen LogP contribution in [0.4, 0.5) is 0 Å². The normalized spacial score (nSPS) is 11.8. The molecule has 2 aromatic rings.